The molecule has 0 aliphatic rings. The Kier molecular flexibility index (Phi) is 4.25. The van der Waals surface area contributed by atoms with Gasteiger partial charge in [0, 0.05) is 30.1 Å². The van der Waals surface area contributed by atoms with Gasteiger partial charge < -0.3 is 5.11 Å². The maximum Gasteiger partial charge on any atom is 0.304 e. The van der Waals surface area contributed by atoms with Crippen molar-refractivity contribution < 1.29 is 9.90 Å². The van der Waals surface area contributed by atoms with Crippen LogP contribution in [0.4, 0.5) is 0 Å². The molecular formula is C17H17N3O2S. The molecule has 1 unspecified atom stereocenters. The van der Waals surface area contributed by atoms with Gasteiger partial charge in [-0.25, -0.2) is 4.98 Å². The molecule has 0 spiro atoms. The first-order valence-corrected chi connectivity index (χ1v) is 8.14. The van der Waals surface area contributed by atoms with Crippen LogP contribution in [0, 0.1) is 6.92 Å². The SMILES string of the molecule is Cc1cc(-c2cccc(C(CC(=O)O)c3nccs3)c2)n(C)n1. The van der Waals surface area contributed by atoms with Crippen LogP contribution in [0.25, 0.3) is 11.3 Å². The van der Waals surface area contributed by atoms with Gasteiger partial charge in [-0.3, -0.25) is 9.48 Å². The topological polar surface area (TPSA) is 68.0 Å². The summed E-state index contributed by atoms with van der Waals surface area (Å²) >= 11 is 1.48. The third-order valence-electron chi connectivity index (χ3n) is 3.72. The number of nitrogens with zero attached hydrogens (tertiary/aromatic N) is 3. The van der Waals surface area contributed by atoms with E-state index in [1.54, 1.807) is 6.20 Å². The molecule has 0 fully saturated rings. The summed E-state index contributed by atoms with van der Waals surface area (Å²) < 4.78 is 1.84. The summed E-state index contributed by atoms with van der Waals surface area (Å²) in [5, 5.41) is 16.3. The summed E-state index contributed by atoms with van der Waals surface area (Å²) in [5.74, 6) is -1.06. The fourth-order valence-corrected chi connectivity index (χ4v) is 3.49. The molecule has 2 heterocycles. The summed E-state index contributed by atoms with van der Waals surface area (Å²) in [5.41, 5.74) is 3.95. The van der Waals surface area contributed by atoms with Crippen molar-refractivity contribution in [1.82, 2.24) is 14.8 Å². The summed E-state index contributed by atoms with van der Waals surface area (Å²) in [7, 11) is 1.91. The molecule has 1 N–H and O–H groups in total. The smallest absolute Gasteiger partial charge is 0.304 e. The largest absolute Gasteiger partial charge is 0.481 e. The number of aliphatic carboxylic acids is 1. The molecule has 1 aromatic carbocycles. The van der Waals surface area contributed by atoms with E-state index in [9.17, 15) is 9.90 Å². The van der Waals surface area contributed by atoms with Crippen molar-refractivity contribution in [2.45, 2.75) is 19.3 Å². The molecule has 2 aromatic heterocycles. The van der Waals surface area contributed by atoms with E-state index < -0.39 is 5.97 Å². The normalized spacial score (nSPS) is 12.3. The summed E-state index contributed by atoms with van der Waals surface area (Å²) in [6.45, 7) is 1.95. The first-order valence-electron chi connectivity index (χ1n) is 7.26. The van der Waals surface area contributed by atoms with Gasteiger partial charge in [-0.15, -0.1) is 11.3 Å². The van der Waals surface area contributed by atoms with Gasteiger partial charge in [-0.05, 0) is 24.6 Å². The van der Waals surface area contributed by atoms with Gasteiger partial charge in [-0.2, -0.15) is 5.10 Å². The Morgan fingerprint density at radius 2 is 2.22 bits per heavy atom. The van der Waals surface area contributed by atoms with E-state index in [0.717, 1.165) is 27.5 Å². The van der Waals surface area contributed by atoms with Crippen LogP contribution >= 0.6 is 11.3 Å². The minimum atomic E-state index is -0.827. The van der Waals surface area contributed by atoms with Crippen molar-refractivity contribution in [3.05, 3.63) is 58.2 Å². The molecular weight excluding hydrogens is 310 g/mol. The Hall–Kier alpha value is -2.47. The van der Waals surface area contributed by atoms with Crippen LogP contribution in [-0.4, -0.2) is 25.8 Å². The van der Waals surface area contributed by atoms with Crippen LogP contribution in [0.2, 0.25) is 0 Å². The lowest BCUT2D eigenvalue weighted by Gasteiger charge is -2.14. The number of aromatic nitrogens is 3. The van der Waals surface area contributed by atoms with Gasteiger partial charge in [0.05, 0.1) is 17.8 Å². The number of hydrogen-bond donors (Lipinski definition) is 1. The molecule has 3 rings (SSSR count). The number of carboxylic acid groups (broad SMARTS) is 1. The Balaban J connectivity index is 2.03. The lowest BCUT2D eigenvalue weighted by molar-refractivity contribution is -0.137. The lowest BCUT2D eigenvalue weighted by atomic mass is 9.94. The quantitative estimate of drug-likeness (QED) is 0.779. The van der Waals surface area contributed by atoms with Crippen LogP contribution in [-0.2, 0) is 11.8 Å². The number of thiazole rings is 1. The highest BCUT2D eigenvalue weighted by molar-refractivity contribution is 7.09. The number of carbonyl (C=O) groups is 1. The van der Waals surface area contributed by atoms with Crippen molar-refractivity contribution >= 4 is 17.3 Å². The molecule has 0 aliphatic carbocycles. The molecule has 118 valence electrons. The number of benzene rings is 1. The van der Waals surface area contributed by atoms with Crippen molar-refractivity contribution in [3.8, 4) is 11.3 Å². The van der Waals surface area contributed by atoms with Gasteiger partial charge in [0.2, 0.25) is 0 Å². The standard InChI is InChI=1S/C17H17N3O2S/c1-11-8-15(20(2)19-11)13-5-3-4-12(9-13)14(10-16(21)22)17-18-6-7-23-17/h3-9,14H,10H2,1-2H3,(H,21,22). The Bertz CT molecular complexity index is 824. The molecule has 6 heteroatoms. The minimum absolute atomic E-state index is 0.0291. The summed E-state index contributed by atoms with van der Waals surface area (Å²) in [6.07, 6.45) is 1.74. The van der Waals surface area contributed by atoms with Gasteiger partial charge >= 0.3 is 5.97 Å². The van der Waals surface area contributed by atoms with E-state index >= 15 is 0 Å². The number of carboxylic acids is 1. The number of rotatable bonds is 5. The van der Waals surface area contributed by atoms with E-state index in [-0.39, 0.29) is 12.3 Å². The third kappa shape index (κ3) is 3.32. The van der Waals surface area contributed by atoms with Crippen molar-refractivity contribution in [2.75, 3.05) is 0 Å². The van der Waals surface area contributed by atoms with Crippen LogP contribution in [0.3, 0.4) is 0 Å². The number of aryl methyl sites for hydroxylation is 2. The predicted molar refractivity (Wildman–Crippen MR) is 89.6 cm³/mol. The van der Waals surface area contributed by atoms with E-state index in [4.69, 9.17) is 0 Å². The fraction of sp³-hybridized carbons (Fsp3) is 0.235. The van der Waals surface area contributed by atoms with Crippen molar-refractivity contribution in [1.29, 1.82) is 0 Å². The van der Waals surface area contributed by atoms with Crippen LogP contribution in [0.1, 0.15) is 28.6 Å². The van der Waals surface area contributed by atoms with E-state index in [2.05, 4.69) is 10.1 Å². The Labute approximate surface area is 138 Å². The Morgan fingerprint density at radius 3 is 2.83 bits per heavy atom. The lowest BCUT2D eigenvalue weighted by Crippen LogP contribution is -2.08. The minimum Gasteiger partial charge on any atom is -0.481 e. The highest BCUT2D eigenvalue weighted by Gasteiger charge is 2.21. The molecule has 5 nitrogen and oxygen atoms in total. The van der Waals surface area contributed by atoms with E-state index in [1.807, 2.05) is 54.4 Å². The second-order valence-electron chi connectivity index (χ2n) is 5.44. The maximum atomic E-state index is 11.3. The first kappa shape index (κ1) is 15.4. The molecule has 1 atom stereocenters. The van der Waals surface area contributed by atoms with Crippen molar-refractivity contribution in [2.24, 2.45) is 7.05 Å². The summed E-state index contributed by atoms with van der Waals surface area (Å²) in [4.78, 5) is 15.6. The molecule has 23 heavy (non-hydrogen) atoms. The van der Waals surface area contributed by atoms with Gasteiger partial charge in [-0.1, -0.05) is 18.2 Å². The highest BCUT2D eigenvalue weighted by Crippen LogP contribution is 2.32. The van der Waals surface area contributed by atoms with Crippen LogP contribution in [0.15, 0.2) is 41.9 Å². The maximum absolute atomic E-state index is 11.3. The molecule has 0 saturated heterocycles. The van der Waals surface area contributed by atoms with E-state index in [0.29, 0.717) is 0 Å². The van der Waals surface area contributed by atoms with Crippen LogP contribution in [0.5, 0.6) is 0 Å². The van der Waals surface area contributed by atoms with Gasteiger partial charge in [0.15, 0.2) is 0 Å². The molecule has 0 bridgehead atoms. The average Bonchev–Trinajstić information content (AvgIpc) is 3.14. The highest BCUT2D eigenvalue weighted by atomic mass is 32.1. The number of hydrogen-bond acceptors (Lipinski definition) is 4. The summed E-state index contributed by atoms with van der Waals surface area (Å²) in [6, 6.07) is 9.98. The third-order valence-corrected chi connectivity index (χ3v) is 4.60. The fourth-order valence-electron chi connectivity index (χ4n) is 2.72. The zero-order valence-electron chi connectivity index (χ0n) is 12.9. The predicted octanol–water partition coefficient (Wildman–Crippen LogP) is 3.46. The average molecular weight is 327 g/mol. The second kappa shape index (κ2) is 6.34. The molecule has 0 saturated carbocycles. The van der Waals surface area contributed by atoms with Gasteiger partial charge in [0.1, 0.15) is 5.01 Å². The molecule has 3 aromatic rings. The van der Waals surface area contributed by atoms with Gasteiger partial charge in [0.25, 0.3) is 0 Å². The van der Waals surface area contributed by atoms with E-state index in [1.165, 1.54) is 11.3 Å². The second-order valence-corrected chi connectivity index (χ2v) is 6.37. The Morgan fingerprint density at radius 1 is 1.39 bits per heavy atom. The van der Waals surface area contributed by atoms with Crippen LogP contribution < -0.4 is 0 Å². The molecule has 0 radical (unpaired) electrons. The van der Waals surface area contributed by atoms with Crippen molar-refractivity contribution in [3.63, 3.8) is 0 Å². The molecule has 0 aliphatic heterocycles. The first-order chi connectivity index (χ1) is 11.0. The zero-order chi connectivity index (χ0) is 16.4. The zero-order valence-corrected chi connectivity index (χ0v) is 13.7. The molecule has 0 amide bonds. The monoisotopic (exact) mass is 327 g/mol.